The van der Waals surface area contributed by atoms with E-state index >= 15 is 0 Å². The van der Waals surface area contributed by atoms with Crippen LogP contribution in [0.3, 0.4) is 0 Å². The van der Waals surface area contributed by atoms with E-state index in [4.69, 9.17) is 0 Å². The molecule has 2 nitrogen and oxygen atoms in total. The molecule has 1 aromatic heterocycles. The van der Waals surface area contributed by atoms with Crippen molar-refractivity contribution >= 4 is 17.2 Å². The molecule has 1 heterocycles. The molecule has 0 aliphatic heterocycles. The molecule has 24 heavy (non-hydrogen) atoms. The molecule has 0 saturated heterocycles. The average molecular weight is 340 g/mol. The highest BCUT2D eigenvalue weighted by atomic mass is 32.1. The number of hydrogen-bond acceptors (Lipinski definition) is 2. The van der Waals surface area contributed by atoms with Gasteiger partial charge in [-0.25, -0.2) is 0 Å². The van der Waals surface area contributed by atoms with Crippen molar-refractivity contribution in [2.75, 3.05) is 0 Å². The standard InChI is InChI=1S/C21H25NOS/c1-2-14-10-11-19-16(12-14)13-20(24-19)21(23)22-18-9-5-7-15-6-3-4-8-17(15)18/h3-4,6,8,13-14,18H,2,5,7,9-12H2,1H3,(H,22,23)/t14-,18+/m0/s1. The minimum absolute atomic E-state index is 0.115. The second-order valence-corrected chi connectivity index (χ2v) is 8.33. The van der Waals surface area contributed by atoms with Crippen molar-refractivity contribution in [2.24, 2.45) is 5.92 Å². The van der Waals surface area contributed by atoms with Gasteiger partial charge in [0, 0.05) is 4.88 Å². The van der Waals surface area contributed by atoms with E-state index in [2.05, 4.69) is 42.6 Å². The second-order valence-electron chi connectivity index (χ2n) is 7.19. The van der Waals surface area contributed by atoms with E-state index in [1.54, 1.807) is 11.3 Å². The van der Waals surface area contributed by atoms with Crippen molar-refractivity contribution in [3.8, 4) is 0 Å². The van der Waals surface area contributed by atoms with Crippen molar-refractivity contribution in [1.82, 2.24) is 5.32 Å². The van der Waals surface area contributed by atoms with Crippen molar-refractivity contribution in [2.45, 2.75) is 57.9 Å². The van der Waals surface area contributed by atoms with Crippen LogP contribution in [0.5, 0.6) is 0 Å². The van der Waals surface area contributed by atoms with E-state index in [1.807, 2.05) is 0 Å². The number of thiophene rings is 1. The molecule has 0 spiro atoms. The second kappa shape index (κ2) is 6.72. The molecule has 2 aliphatic carbocycles. The number of fused-ring (bicyclic) bond motifs is 2. The van der Waals surface area contributed by atoms with Gasteiger partial charge in [-0.2, -0.15) is 0 Å². The smallest absolute Gasteiger partial charge is 0.261 e. The van der Waals surface area contributed by atoms with Crippen LogP contribution in [0.4, 0.5) is 0 Å². The Labute approximate surface area is 148 Å². The first kappa shape index (κ1) is 15.9. The lowest BCUT2D eigenvalue weighted by atomic mass is 9.86. The molecular formula is C21H25NOS. The van der Waals surface area contributed by atoms with E-state index < -0.39 is 0 Å². The molecule has 1 amide bonds. The van der Waals surface area contributed by atoms with Gasteiger partial charge in [0.2, 0.25) is 0 Å². The number of carbonyl (C=O) groups excluding carboxylic acids is 1. The summed E-state index contributed by atoms with van der Waals surface area (Å²) in [7, 11) is 0. The molecule has 2 atom stereocenters. The maximum absolute atomic E-state index is 12.8. The van der Waals surface area contributed by atoms with Crippen LogP contribution in [-0.4, -0.2) is 5.91 Å². The summed E-state index contributed by atoms with van der Waals surface area (Å²) in [6.45, 7) is 2.27. The Kier molecular flexibility index (Phi) is 4.45. The van der Waals surface area contributed by atoms with Crippen LogP contribution in [-0.2, 0) is 19.3 Å². The van der Waals surface area contributed by atoms with Gasteiger partial charge in [0.05, 0.1) is 10.9 Å². The summed E-state index contributed by atoms with van der Waals surface area (Å²) in [5, 5.41) is 3.30. The third-order valence-corrected chi connectivity index (χ3v) is 6.90. The predicted molar refractivity (Wildman–Crippen MR) is 99.7 cm³/mol. The Morgan fingerprint density at radius 1 is 1.21 bits per heavy atom. The number of benzene rings is 1. The van der Waals surface area contributed by atoms with Gasteiger partial charge in [0.15, 0.2) is 0 Å². The number of carbonyl (C=O) groups is 1. The van der Waals surface area contributed by atoms with Crippen LogP contribution in [0, 0.1) is 5.92 Å². The van der Waals surface area contributed by atoms with Crippen LogP contribution in [0.2, 0.25) is 0 Å². The molecule has 3 heteroatoms. The normalized spacial score (nSPS) is 22.5. The van der Waals surface area contributed by atoms with Crippen molar-refractivity contribution in [1.29, 1.82) is 0 Å². The molecule has 2 aromatic rings. The molecule has 2 aliphatic rings. The number of nitrogens with one attached hydrogen (secondary N) is 1. The summed E-state index contributed by atoms with van der Waals surface area (Å²) in [5.41, 5.74) is 4.13. The molecule has 0 unspecified atom stereocenters. The summed E-state index contributed by atoms with van der Waals surface area (Å²) in [5.74, 6) is 0.914. The zero-order valence-electron chi connectivity index (χ0n) is 14.3. The summed E-state index contributed by atoms with van der Waals surface area (Å²) < 4.78 is 0. The van der Waals surface area contributed by atoms with Gasteiger partial charge >= 0.3 is 0 Å². The quantitative estimate of drug-likeness (QED) is 0.831. The molecule has 0 fully saturated rings. The minimum Gasteiger partial charge on any atom is -0.345 e. The summed E-state index contributed by atoms with van der Waals surface area (Å²) in [6, 6.07) is 10.9. The van der Waals surface area contributed by atoms with E-state index in [1.165, 1.54) is 34.4 Å². The monoisotopic (exact) mass is 339 g/mol. The molecule has 1 N–H and O–H groups in total. The van der Waals surface area contributed by atoms with Gasteiger partial charge in [-0.1, -0.05) is 37.6 Å². The van der Waals surface area contributed by atoms with Crippen LogP contribution in [0.15, 0.2) is 30.3 Å². The highest BCUT2D eigenvalue weighted by Gasteiger charge is 2.25. The van der Waals surface area contributed by atoms with Crippen molar-refractivity contribution < 1.29 is 4.79 Å². The summed E-state index contributed by atoms with van der Waals surface area (Å²) in [6.07, 6.45) is 8.16. The first-order valence-corrected chi connectivity index (χ1v) is 10.1. The molecular weight excluding hydrogens is 314 g/mol. The van der Waals surface area contributed by atoms with Crippen molar-refractivity contribution in [3.63, 3.8) is 0 Å². The Bertz CT molecular complexity index is 748. The van der Waals surface area contributed by atoms with Gasteiger partial charge in [-0.15, -0.1) is 11.3 Å². The lowest BCUT2D eigenvalue weighted by molar-refractivity contribution is 0.0937. The van der Waals surface area contributed by atoms with Gasteiger partial charge < -0.3 is 5.32 Å². The molecule has 0 bridgehead atoms. The van der Waals surface area contributed by atoms with Gasteiger partial charge in [0.25, 0.3) is 5.91 Å². The minimum atomic E-state index is 0.115. The topological polar surface area (TPSA) is 29.1 Å². The Morgan fingerprint density at radius 2 is 2.08 bits per heavy atom. The number of hydrogen-bond donors (Lipinski definition) is 1. The van der Waals surface area contributed by atoms with Crippen LogP contribution >= 0.6 is 11.3 Å². The predicted octanol–water partition coefficient (Wildman–Crippen LogP) is 5.07. The molecule has 4 rings (SSSR count). The Hall–Kier alpha value is -1.61. The van der Waals surface area contributed by atoms with Gasteiger partial charge in [0.1, 0.15) is 0 Å². The largest absolute Gasteiger partial charge is 0.345 e. The first-order chi connectivity index (χ1) is 11.7. The van der Waals surface area contributed by atoms with Crippen LogP contribution < -0.4 is 5.32 Å². The highest BCUT2D eigenvalue weighted by Crippen LogP contribution is 2.34. The molecule has 0 radical (unpaired) electrons. The lowest BCUT2D eigenvalue weighted by Gasteiger charge is -2.26. The fraction of sp³-hybridized carbons (Fsp3) is 0.476. The fourth-order valence-electron chi connectivity index (χ4n) is 4.19. The van der Waals surface area contributed by atoms with Gasteiger partial charge in [-0.05, 0) is 67.2 Å². The lowest BCUT2D eigenvalue weighted by Crippen LogP contribution is -2.30. The highest BCUT2D eigenvalue weighted by molar-refractivity contribution is 7.14. The molecule has 0 saturated carbocycles. The van der Waals surface area contributed by atoms with Gasteiger partial charge in [-0.3, -0.25) is 4.79 Å². The number of aryl methyl sites for hydroxylation is 2. The third kappa shape index (κ3) is 3.02. The van der Waals surface area contributed by atoms with E-state index in [0.717, 1.165) is 42.9 Å². The number of rotatable bonds is 3. The fourth-order valence-corrected chi connectivity index (χ4v) is 5.30. The zero-order chi connectivity index (χ0) is 16.5. The zero-order valence-corrected chi connectivity index (χ0v) is 15.1. The first-order valence-electron chi connectivity index (χ1n) is 9.25. The van der Waals surface area contributed by atoms with Crippen molar-refractivity contribution in [3.05, 3.63) is 56.8 Å². The Morgan fingerprint density at radius 3 is 2.96 bits per heavy atom. The van der Waals surface area contributed by atoms with E-state index in [-0.39, 0.29) is 11.9 Å². The van der Waals surface area contributed by atoms with E-state index in [9.17, 15) is 4.79 Å². The van der Waals surface area contributed by atoms with Crippen LogP contribution in [0.1, 0.15) is 69.9 Å². The SMILES string of the molecule is CC[C@H]1CCc2sc(C(=O)N[C@@H]3CCCc4ccccc43)cc2C1. The number of amides is 1. The third-order valence-electron chi connectivity index (χ3n) is 5.66. The maximum atomic E-state index is 12.8. The van der Waals surface area contributed by atoms with E-state index in [0.29, 0.717) is 0 Å². The maximum Gasteiger partial charge on any atom is 0.261 e. The molecule has 1 aromatic carbocycles. The Balaban J connectivity index is 1.51. The average Bonchev–Trinajstić information content (AvgIpc) is 3.05. The van der Waals surface area contributed by atoms with Crippen LogP contribution in [0.25, 0.3) is 0 Å². The summed E-state index contributed by atoms with van der Waals surface area (Å²) >= 11 is 1.71. The summed E-state index contributed by atoms with van der Waals surface area (Å²) in [4.78, 5) is 15.1. The molecule has 126 valence electrons.